The summed E-state index contributed by atoms with van der Waals surface area (Å²) in [5, 5.41) is 0. The lowest BCUT2D eigenvalue weighted by Gasteiger charge is -2.30. The number of hydrogen-bond donors (Lipinski definition) is 0. The first-order valence-corrected chi connectivity index (χ1v) is 7.15. The van der Waals surface area contributed by atoms with Gasteiger partial charge in [0.25, 0.3) is 0 Å². The molecule has 0 aromatic heterocycles. The first kappa shape index (κ1) is 12.8. The highest BCUT2D eigenvalue weighted by Gasteiger charge is 2.24. The summed E-state index contributed by atoms with van der Waals surface area (Å²) in [6, 6.07) is 10.6. The van der Waals surface area contributed by atoms with Gasteiger partial charge in [0.15, 0.2) is 0 Å². The van der Waals surface area contributed by atoms with Gasteiger partial charge in [-0.05, 0) is 41.3 Å². The monoisotopic (exact) mass is 294 g/mol. The van der Waals surface area contributed by atoms with Crippen LogP contribution in [0.5, 0.6) is 0 Å². The van der Waals surface area contributed by atoms with Crippen molar-refractivity contribution in [3.63, 3.8) is 0 Å². The zero-order chi connectivity index (χ0) is 12.1. The maximum atomic E-state index is 5.51. The van der Waals surface area contributed by atoms with Crippen molar-refractivity contribution >= 4 is 21.5 Å². The summed E-state index contributed by atoms with van der Waals surface area (Å²) < 4.78 is 5.51. The molecule has 1 saturated carbocycles. The van der Waals surface area contributed by atoms with Crippen LogP contribution >= 0.6 is 15.9 Å². The Morgan fingerprint density at radius 2 is 2.06 bits per heavy atom. The molecule has 1 nitrogen and oxygen atoms in total. The lowest BCUT2D eigenvalue weighted by Crippen LogP contribution is -2.22. The third-order valence-electron chi connectivity index (χ3n) is 3.62. The number of allylic oxidation sites excluding steroid dienone is 1. The predicted octanol–water partition coefficient (Wildman–Crippen LogP) is 4.63. The molecule has 17 heavy (non-hydrogen) atoms. The van der Waals surface area contributed by atoms with Crippen LogP contribution in [0.25, 0.3) is 5.57 Å². The van der Waals surface area contributed by atoms with Crippen LogP contribution in [0.2, 0.25) is 0 Å². The molecule has 2 atom stereocenters. The van der Waals surface area contributed by atoms with Gasteiger partial charge in [-0.25, -0.2) is 0 Å². The zero-order valence-corrected chi connectivity index (χ0v) is 11.8. The second kappa shape index (κ2) is 6.36. The molecule has 0 amide bonds. The van der Waals surface area contributed by atoms with Crippen molar-refractivity contribution < 1.29 is 4.74 Å². The number of rotatable bonds is 3. The van der Waals surface area contributed by atoms with Gasteiger partial charge in [-0.3, -0.25) is 0 Å². The van der Waals surface area contributed by atoms with Gasteiger partial charge in [-0.15, -0.1) is 0 Å². The molecule has 0 heterocycles. The van der Waals surface area contributed by atoms with E-state index in [4.69, 9.17) is 4.74 Å². The third kappa shape index (κ3) is 3.20. The first-order chi connectivity index (χ1) is 8.35. The smallest absolute Gasteiger partial charge is 0.0577 e. The third-order valence-corrected chi connectivity index (χ3v) is 4.12. The highest BCUT2D eigenvalue weighted by Crippen LogP contribution is 2.36. The van der Waals surface area contributed by atoms with Crippen molar-refractivity contribution in [2.75, 3.05) is 7.11 Å². The summed E-state index contributed by atoms with van der Waals surface area (Å²) in [6.45, 7) is 0. The quantitative estimate of drug-likeness (QED) is 0.790. The van der Waals surface area contributed by atoms with Gasteiger partial charge >= 0.3 is 0 Å². The van der Waals surface area contributed by atoms with E-state index in [0.29, 0.717) is 12.0 Å². The van der Waals surface area contributed by atoms with E-state index < -0.39 is 0 Å². The summed E-state index contributed by atoms with van der Waals surface area (Å²) in [5.41, 5.74) is 2.73. The van der Waals surface area contributed by atoms with Crippen LogP contribution < -0.4 is 0 Å². The Morgan fingerprint density at radius 1 is 1.29 bits per heavy atom. The van der Waals surface area contributed by atoms with E-state index in [-0.39, 0.29) is 0 Å². The van der Waals surface area contributed by atoms with Gasteiger partial charge in [0, 0.05) is 7.11 Å². The van der Waals surface area contributed by atoms with Crippen LogP contribution in [-0.2, 0) is 4.74 Å². The van der Waals surface area contributed by atoms with Crippen LogP contribution in [0.4, 0.5) is 0 Å². The number of halogens is 1. The molecule has 1 aromatic carbocycles. The van der Waals surface area contributed by atoms with E-state index in [1.165, 1.54) is 30.4 Å². The predicted molar refractivity (Wildman–Crippen MR) is 76.1 cm³/mol. The summed E-state index contributed by atoms with van der Waals surface area (Å²) in [6.07, 6.45) is 5.31. The van der Waals surface area contributed by atoms with Gasteiger partial charge in [0.05, 0.1) is 6.10 Å². The van der Waals surface area contributed by atoms with E-state index in [1.807, 2.05) is 7.11 Å². The minimum Gasteiger partial charge on any atom is -0.381 e. The van der Waals surface area contributed by atoms with Crippen molar-refractivity contribution in [1.29, 1.82) is 0 Å². The average Bonchev–Trinajstić information content (AvgIpc) is 2.41. The number of ether oxygens (including phenoxy) is 1. The molecule has 0 bridgehead atoms. The SMILES string of the molecule is COC1CCCC(C(=CBr)c2ccccc2)C1. The highest BCUT2D eigenvalue weighted by molar-refractivity contribution is 9.11. The van der Waals surface area contributed by atoms with Crippen LogP contribution in [-0.4, -0.2) is 13.2 Å². The zero-order valence-electron chi connectivity index (χ0n) is 10.2. The maximum Gasteiger partial charge on any atom is 0.0577 e. The fourth-order valence-electron chi connectivity index (χ4n) is 2.66. The van der Waals surface area contributed by atoms with Crippen molar-refractivity contribution in [3.05, 3.63) is 40.9 Å². The van der Waals surface area contributed by atoms with Crippen LogP contribution in [0, 0.1) is 5.92 Å². The van der Waals surface area contributed by atoms with E-state index in [2.05, 4.69) is 51.2 Å². The average molecular weight is 295 g/mol. The summed E-state index contributed by atoms with van der Waals surface area (Å²) in [4.78, 5) is 2.09. The Morgan fingerprint density at radius 3 is 2.71 bits per heavy atom. The Hall–Kier alpha value is -0.600. The van der Waals surface area contributed by atoms with Crippen molar-refractivity contribution in [3.8, 4) is 0 Å². The lowest BCUT2D eigenvalue weighted by molar-refractivity contribution is 0.0605. The normalized spacial score (nSPS) is 25.9. The molecule has 2 unspecified atom stereocenters. The number of hydrogen-bond acceptors (Lipinski definition) is 1. The first-order valence-electron chi connectivity index (χ1n) is 6.23. The van der Waals surface area contributed by atoms with E-state index in [1.54, 1.807) is 0 Å². The molecule has 1 aliphatic rings. The van der Waals surface area contributed by atoms with Crippen LogP contribution in [0.3, 0.4) is 0 Å². The van der Waals surface area contributed by atoms with E-state index in [0.717, 1.165) is 6.42 Å². The number of methoxy groups -OCH3 is 1. The second-order valence-corrected chi connectivity index (χ2v) is 5.11. The minimum atomic E-state index is 0.430. The van der Waals surface area contributed by atoms with Crippen LogP contribution in [0.1, 0.15) is 31.2 Å². The molecule has 92 valence electrons. The Bertz CT molecular complexity index is 372. The summed E-state index contributed by atoms with van der Waals surface area (Å²) >= 11 is 3.53. The van der Waals surface area contributed by atoms with Crippen LogP contribution in [0.15, 0.2) is 35.3 Å². The van der Waals surface area contributed by atoms with Gasteiger partial charge in [-0.1, -0.05) is 52.7 Å². The second-order valence-electron chi connectivity index (χ2n) is 4.65. The molecule has 2 rings (SSSR count). The van der Waals surface area contributed by atoms with E-state index >= 15 is 0 Å². The van der Waals surface area contributed by atoms with E-state index in [9.17, 15) is 0 Å². The molecule has 1 fully saturated rings. The molecule has 0 aliphatic heterocycles. The fraction of sp³-hybridized carbons (Fsp3) is 0.467. The van der Waals surface area contributed by atoms with Gasteiger partial charge < -0.3 is 4.74 Å². The minimum absolute atomic E-state index is 0.430. The molecular formula is C15H19BrO. The van der Waals surface area contributed by atoms with Crippen molar-refractivity contribution in [2.24, 2.45) is 5.92 Å². The maximum absolute atomic E-state index is 5.51. The highest BCUT2D eigenvalue weighted by atomic mass is 79.9. The van der Waals surface area contributed by atoms with Gasteiger partial charge in [-0.2, -0.15) is 0 Å². The summed E-state index contributed by atoms with van der Waals surface area (Å²) in [7, 11) is 1.83. The molecule has 0 saturated heterocycles. The van der Waals surface area contributed by atoms with Crippen molar-refractivity contribution in [2.45, 2.75) is 31.8 Å². The molecule has 0 radical (unpaired) electrons. The molecule has 1 aliphatic carbocycles. The standard InChI is InChI=1S/C15H19BrO/c1-17-14-9-5-8-13(10-14)15(11-16)12-6-3-2-4-7-12/h2-4,6-7,11,13-14H,5,8-10H2,1H3. The fourth-order valence-corrected chi connectivity index (χ4v) is 3.30. The van der Waals surface area contributed by atoms with Crippen molar-refractivity contribution in [1.82, 2.24) is 0 Å². The molecule has 2 heteroatoms. The molecular weight excluding hydrogens is 276 g/mol. The largest absolute Gasteiger partial charge is 0.381 e. The molecule has 0 spiro atoms. The lowest BCUT2D eigenvalue weighted by atomic mass is 9.80. The van der Waals surface area contributed by atoms with Gasteiger partial charge in [0.2, 0.25) is 0 Å². The Kier molecular flexibility index (Phi) is 4.81. The Labute approximate surface area is 112 Å². The molecule has 1 aromatic rings. The summed E-state index contributed by atoms with van der Waals surface area (Å²) in [5.74, 6) is 0.621. The molecule has 0 N–H and O–H groups in total. The van der Waals surface area contributed by atoms with Gasteiger partial charge in [0.1, 0.15) is 0 Å². The topological polar surface area (TPSA) is 9.23 Å². The number of benzene rings is 1. The Balaban J connectivity index is 2.14.